The van der Waals surface area contributed by atoms with Gasteiger partial charge in [0.15, 0.2) is 0 Å². The smallest absolute Gasteiger partial charge is 0.141 e. The largest absolute Gasteiger partial charge is 0.507 e. The van der Waals surface area contributed by atoms with E-state index in [1.54, 1.807) is 25.3 Å². The van der Waals surface area contributed by atoms with E-state index in [0.717, 1.165) is 40.7 Å². The summed E-state index contributed by atoms with van der Waals surface area (Å²) < 4.78 is 27.9. The molecule has 1 spiro atoms. The molecule has 0 unspecified atom stereocenters. The number of rotatable bonds is 2. The number of fused-ring (bicyclic) bond motifs is 4. The SMILES string of the molecule is CO[C@H]1C[C@@]2(C1)OCC(C)(C)c1c2c2c(O)cccc2n1-c1ccc(F)c(Cl)c1. The molecule has 4 nitrogen and oxygen atoms in total. The highest BCUT2D eigenvalue weighted by Crippen LogP contribution is 2.57. The fourth-order valence-corrected chi connectivity index (χ4v) is 5.10. The molecule has 0 atom stereocenters. The molecular weight excluding hydrogens is 393 g/mol. The van der Waals surface area contributed by atoms with Crippen molar-refractivity contribution in [1.82, 2.24) is 4.57 Å². The van der Waals surface area contributed by atoms with Gasteiger partial charge in [-0.1, -0.05) is 31.5 Å². The van der Waals surface area contributed by atoms with E-state index < -0.39 is 11.4 Å². The Morgan fingerprint density at radius 1 is 1.24 bits per heavy atom. The van der Waals surface area contributed by atoms with E-state index >= 15 is 0 Å². The molecule has 1 aliphatic heterocycles. The lowest BCUT2D eigenvalue weighted by Gasteiger charge is -2.52. The van der Waals surface area contributed by atoms with E-state index in [1.165, 1.54) is 6.07 Å². The molecular formula is C23H23ClFNO3. The number of nitrogens with zero attached hydrogens (tertiary/aromatic N) is 1. The van der Waals surface area contributed by atoms with Gasteiger partial charge in [0.1, 0.15) is 17.2 Å². The van der Waals surface area contributed by atoms with Crippen LogP contribution in [0.25, 0.3) is 16.6 Å². The molecule has 0 radical (unpaired) electrons. The van der Waals surface area contributed by atoms with Crippen molar-refractivity contribution in [1.29, 1.82) is 0 Å². The highest BCUT2D eigenvalue weighted by Gasteiger charge is 2.55. The summed E-state index contributed by atoms with van der Waals surface area (Å²) >= 11 is 6.12. The molecule has 1 aromatic heterocycles. The maximum absolute atomic E-state index is 13.9. The molecule has 0 bridgehead atoms. The number of methoxy groups -OCH3 is 1. The number of ether oxygens (including phenoxy) is 2. The lowest BCUT2D eigenvalue weighted by Crippen LogP contribution is -2.53. The molecule has 3 aromatic rings. The first kappa shape index (κ1) is 18.9. The molecule has 1 fully saturated rings. The molecule has 5 rings (SSSR count). The fraction of sp³-hybridized carbons (Fsp3) is 0.391. The number of hydrogen-bond acceptors (Lipinski definition) is 3. The summed E-state index contributed by atoms with van der Waals surface area (Å²) in [5, 5.41) is 11.7. The molecule has 152 valence electrons. The Hall–Kier alpha value is -2.08. The summed E-state index contributed by atoms with van der Waals surface area (Å²) in [5.41, 5.74) is 2.90. The fourth-order valence-electron chi connectivity index (χ4n) is 4.92. The van der Waals surface area contributed by atoms with Crippen molar-refractivity contribution in [3.63, 3.8) is 0 Å². The normalized spacial score (nSPS) is 25.2. The molecule has 1 aliphatic carbocycles. The van der Waals surface area contributed by atoms with Gasteiger partial charge in [-0.05, 0) is 30.3 Å². The van der Waals surface area contributed by atoms with Crippen molar-refractivity contribution in [3.8, 4) is 11.4 Å². The topological polar surface area (TPSA) is 43.6 Å². The van der Waals surface area contributed by atoms with Gasteiger partial charge < -0.3 is 19.1 Å². The van der Waals surface area contributed by atoms with E-state index in [0.29, 0.717) is 6.61 Å². The number of phenols is 1. The van der Waals surface area contributed by atoms with Gasteiger partial charge >= 0.3 is 0 Å². The second kappa shape index (κ2) is 6.21. The molecule has 2 aromatic carbocycles. The maximum atomic E-state index is 13.9. The average Bonchev–Trinajstić information content (AvgIpc) is 3.01. The lowest BCUT2D eigenvalue weighted by molar-refractivity contribution is -0.187. The van der Waals surface area contributed by atoms with Crippen LogP contribution in [0.2, 0.25) is 5.02 Å². The third-order valence-corrected chi connectivity index (χ3v) is 6.68. The van der Waals surface area contributed by atoms with Crippen LogP contribution in [0.15, 0.2) is 36.4 Å². The van der Waals surface area contributed by atoms with Crippen molar-refractivity contribution in [2.24, 2.45) is 0 Å². The first-order chi connectivity index (χ1) is 13.8. The molecule has 0 saturated heterocycles. The zero-order valence-corrected chi connectivity index (χ0v) is 17.4. The van der Waals surface area contributed by atoms with E-state index in [1.807, 2.05) is 12.1 Å². The number of aromatic hydroxyl groups is 1. The molecule has 1 saturated carbocycles. The Balaban J connectivity index is 1.88. The van der Waals surface area contributed by atoms with Crippen LogP contribution in [0, 0.1) is 5.82 Å². The van der Waals surface area contributed by atoms with Crippen molar-refractivity contribution in [2.75, 3.05) is 13.7 Å². The highest BCUT2D eigenvalue weighted by atomic mass is 35.5. The number of aromatic nitrogens is 1. The van der Waals surface area contributed by atoms with Crippen molar-refractivity contribution in [3.05, 3.63) is 58.5 Å². The summed E-state index contributed by atoms with van der Waals surface area (Å²) in [4.78, 5) is 0. The standard InChI is InChI=1S/C23H23ClFNO3/c1-22(2)12-29-23(10-14(11-23)28-3)20-19-17(5-4-6-18(19)27)26(21(20)22)13-7-8-16(25)15(24)9-13/h4-9,14,27H,10-12H2,1-3H3/t14-,23-. The van der Waals surface area contributed by atoms with E-state index in [9.17, 15) is 9.50 Å². The zero-order chi connectivity index (χ0) is 20.6. The van der Waals surface area contributed by atoms with Crippen LogP contribution in [-0.4, -0.2) is 29.5 Å². The Bertz CT molecular complexity index is 1130. The van der Waals surface area contributed by atoms with Crippen LogP contribution < -0.4 is 0 Å². The summed E-state index contributed by atoms with van der Waals surface area (Å²) in [6.45, 7) is 4.80. The van der Waals surface area contributed by atoms with Crippen LogP contribution in [-0.2, 0) is 20.5 Å². The third kappa shape index (κ3) is 2.57. The van der Waals surface area contributed by atoms with Crippen LogP contribution >= 0.6 is 11.6 Å². The predicted molar refractivity (Wildman–Crippen MR) is 111 cm³/mol. The van der Waals surface area contributed by atoms with Crippen LogP contribution in [0.4, 0.5) is 4.39 Å². The second-order valence-electron chi connectivity index (χ2n) is 8.76. The monoisotopic (exact) mass is 415 g/mol. The zero-order valence-electron chi connectivity index (χ0n) is 16.6. The van der Waals surface area contributed by atoms with Crippen molar-refractivity contribution >= 4 is 22.5 Å². The first-order valence-corrected chi connectivity index (χ1v) is 10.1. The third-order valence-electron chi connectivity index (χ3n) is 6.39. The molecule has 2 aliphatic rings. The second-order valence-corrected chi connectivity index (χ2v) is 9.17. The van der Waals surface area contributed by atoms with E-state index in [2.05, 4.69) is 18.4 Å². The summed E-state index contributed by atoms with van der Waals surface area (Å²) in [6, 6.07) is 10.2. The summed E-state index contributed by atoms with van der Waals surface area (Å²) in [5.74, 6) is -0.239. The van der Waals surface area contributed by atoms with Crippen LogP contribution in [0.1, 0.15) is 37.9 Å². The molecule has 29 heavy (non-hydrogen) atoms. The molecule has 2 heterocycles. The number of phenolic OH excluding ortho intramolecular Hbond substituents is 1. The number of benzene rings is 2. The lowest BCUT2D eigenvalue weighted by atomic mass is 9.67. The minimum Gasteiger partial charge on any atom is -0.507 e. The van der Waals surface area contributed by atoms with E-state index in [-0.39, 0.29) is 22.3 Å². The van der Waals surface area contributed by atoms with E-state index in [4.69, 9.17) is 21.1 Å². The van der Waals surface area contributed by atoms with Gasteiger partial charge in [-0.15, -0.1) is 0 Å². The summed E-state index contributed by atoms with van der Waals surface area (Å²) in [6.07, 6.45) is 1.61. The molecule has 6 heteroatoms. The van der Waals surface area contributed by atoms with Gasteiger partial charge in [0.2, 0.25) is 0 Å². The van der Waals surface area contributed by atoms with Gasteiger partial charge in [-0.25, -0.2) is 4.39 Å². The van der Waals surface area contributed by atoms with Gasteiger partial charge in [0.05, 0.1) is 23.3 Å². The van der Waals surface area contributed by atoms with Crippen molar-refractivity contribution < 1.29 is 19.0 Å². The van der Waals surface area contributed by atoms with Gasteiger partial charge in [0, 0.05) is 47.7 Å². The molecule has 1 N–H and O–H groups in total. The Morgan fingerprint density at radius 2 is 2.00 bits per heavy atom. The summed E-state index contributed by atoms with van der Waals surface area (Å²) in [7, 11) is 1.71. The van der Waals surface area contributed by atoms with Gasteiger partial charge in [-0.3, -0.25) is 0 Å². The highest BCUT2D eigenvalue weighted by molar-refractivity contribution is 6.30. The Kier molecular flexibility index (Phi) is 4.05. The maximum Gasteiger partial charge on any atom is 0.141 e. The van der Waals surface area contributed by atoms with Gasteiger partial charge in [-0.2, -0.15) is 0 Å². The Morgan fingerprint density at radius 3 is 2.69 bits per heavy atom. The van der Waals surface area contributed by atoms with Crippen LogP contribution in [0.5, 0.6) is 5.75 Å². The predicted octanol–water partition coefficient (Wildman–Crippen LogP) is 5.44. The minimum atomic E-state index is -0.488. The Labute approximate surface area is 173 Å². The van der Waals surface area contributed by atoms with Crippen molar-refractivity contribution in [2.45, 2.75) is 43.8 Å². The van der Waals surface area contributed by atoms with Crippen LogP contribution in [0.3, 0.4) is 0 Å². The average molecular weight is 416 g/mol. The number of halogens is 2. The number of hydrogen-bond donors (Lipinski definition) is 1. The molecule has 0 amide bonds. The minimum absolute atomic E-state index is 0.0703. The first-order valence-electron chi connectivity index (χ1n) is 9.77. The quantitative estimate of drug-likeness (QED) is 0.606. The van der Waals surface area contributed by atoms with Gasteiger partial charge in [0.25, 0.3) is 0 Å².